The highest BCUT2D eigenvalue weighted by atomic mass is 32.2. The first-order valence-corrected chi connectivity index (χ1v) is 8.01. The average molecular weight is 331 g/mol. The Bertz CT molecular complexity index is 757. The number of nitrogens with zero attached hydrogens (tertiary/aromatic N) is 1. The van der Waals surface area contributed by atoms with E-state index in [0.29, 0.717) is 28.2 Å². The number of rotatable bonds is 6. The number of ether oxygens (including phenoxy) is 3. The smallest absolute Gasteiger partial charge is 0.257 e. The van der Waals surface area contributed by atoms with Crippen LogP contribution in [0.15, 0.2) is 46.0 Å². The SMILES string of the molecule is COc1cc(CSc2nc3ccccc3o2)cc(OC)c1OC. The van der Waals surface area contributed by atoms with Gasteiger partial charge in [0, 0.05) is 5.75 Å². The van der Waals surface area contributed by atoms with E-state index in [2.05, 4.69) is 4.98 Å². The summed E-state index contributed by atoms with van der Waals surface area (Å²) in [5.41, 5.74) is 2.69. The lowest BCUT2D eigenvalue weighted by Crippen LogP contribution is -1.96. The molecular formula is C17H17NO4S. The molecule has 0 spiro atoms. The van der Waals surface area contributed by atoms with Crippen molar-refractivity contribution in [2.24, 2.45) is 0 Å². The lowest BCUT2D eigenvalue weighted by atomic mass is 10.2. The molecule has 0 aliphatic rings. The van der Waals surface area contributed by atoms with Crippen LogP contribution in [0, 0.1) is 0 Å². The number of fused-ring (bicyclic) bond motifs is 1. The number of para-hydroxylation sites is 2. The van der Waals surface area contributed by atoms with Crippen molar-refractivity contribution in [1.82, 2.24) is 4.98 Å². The molecule has 23 heavy (non-hydrogen) atoms. The van der Waals surface area contributed by atoms with Crippen molar-refractivity contribution in [1.29, 1.82) is 0 Å². The van der Waals surface area contributed by atoms with Crippen LogP contribution in [-0.2, 0) is 5.75 Å². The Morgan fingerprint density at radius 3 is 2.30 bits per heavy atom. The Morgan fingerprint density at radius 2 is 1.70 bits per heavy atom. The van der Waals surface area contributed by atoms with Crippen molar-refractivity contribution in [3.05, 3.63) is 42.0 Å². The maximum Gasteiger partial charge on any atom is 0.257 e. The number of hydrogen-bond acceptors (Lipinski definition) is 6. The van der Waals surface area contributed by atoms with Crippen LogP contribution in [0.1, 0.15) is 5.56 Å². The average Bonchev–Trinajstić information content (AvgIpc) is 3.01. The fourth-order valence-corrected chi connectivity index (χ4v) is 3.05. The maximum absolute atomic E-state index is 5.71. The third kappa shape index (κ3) is 3.22. The first-order chi connectivity index (χ1) is 11.2. The molecule has 2 aromatic carbocycles. The molecule has 1 aromatic heterocycles. The molecule has 6 heteroatoms. The van der Waals surface area contributed by atoms with Crippen molar-refractivity contribution in [3.8, 4) is 17.2 Å². The molecule has 0 unspecified atom stereocenters. The summed E-state index contributed by atoms with van der Waals surface area (Å²) in [6, 6.07) is 11.6. The zero-order valence-corrected chi connectivity index (χ0v) is 14.0. The number of aromatic nitrogens is 1. The van der Waals surface area contributed by atoms with Gasteiger partial charge in [0.25, 0.3) is 5.22 Å². The van der Waals surface area contributed by atoms with E-state index < -0.39 is 0 Å². The summed E-state index contributed by atoms with van der Waals surface area (Å²) >= 11 is 1.52. The van der Waals surface area contributed by atoms with E-state index in [-0.39, 0.29) is 0 Å². The number of hydrogen-bond donors (Lipinski definition) is 0. The standard InChI is InChI=1S/C17H17NO4S/c1-19-14-8-11(9-15(20-2)16(14)21-3)10-23-17-18-12-6-4-5-7-13(12)22-17/h4-9H,10H2,1-3H3. The van der Waals surface area contributed by atoms with Crippen molar-refractivity contribution in [2.75, 3.05) is 21.3 Å². The number of benzene rings is 2. The van der Waals surface area contributed by atoms with E-state index in [1.54, 1.807) is 21.3 Å². The second kappa shape index (κ2) is 6.83. The summed E-state index contributed by atoms with van der Waals surface area (Å²) in [7, 11) is 4.80. The van der Waals surface area contributed by atoms with Crippen LogP contribution in [0.2, 0.25) is 0 Å². The molecule has 0 atom stereocenters. The summed E-state index contributed by atoms with van der Waals surface area (Å²) in [5, 5.41) is 0.639. The van der Waals surface area contributed by atoms with Gasteiger partial charge in [0.15, 0.2) is 17.1 Å². The Kier molecular flexibility index (Phi) is 4.62. The lowest BCUT2D eigenvalue weighted by molar-refractivity contribution is 0.324. The van der Waals surface area contributed by atoms with Crippen LogP contribution in [0.4, 0.5) is 0 Å². The van der Waals surface area contributed by atoms with Crippen molar-refractivity contribution < 1.29 is 18.6 Å². The van der Waals surface area contributed by atoms with Gasteiger partial charge in [0.05, 0.1) is 21.3 Å². The normalized spacial score (nSPS) is 10.7. The van der Waals surface area contributed by atoms with E-state index in [0.717, 1.165) is 16.7 Å². The van der Waals surface area contributed by atoms with Crippen molar-refractivity contribution >= 4 is 22.9 Å². The van der Waals surface area contributed by atoms with E-state index in [1.165, 1.54) is 11.8 Å². The first-order valence-electron chi connectivity index (χ1n) is 7.02. The summed E-state index contributed by atoms with van der Waals surface area (Å²) in [6.45, 7) is 0. The predicted molar refractivity (Wildman–Crippen MR) is 89.7 cm³/mol. The monoisotopic (exact) mass is 331 g/mol. The molecule has 0 saturated heterocycles. The molecule has 0 amide bonds. The summed E-state index contributed by atoms with van der Waals surface area (Å²) in [5.74, 6) is 2.55. The van der Waals surface area contributed by atoms with Crippen LogP contribution >= 0.6 is 11.8 Å². The van der Waals surface area contributed by atoms with Gasteiger partial charge in [0.1, 0.15) is 5.52 Å². The van der Waals surface area contributed by atoms with E-state index in [9.17, 15) is 0 Å². The van der Waals surface area contributed by atoms with Gasteiger partial charge < -0.3 is 18.6 Å². The third-order valence-corrected chi connectivity index (χ3v) is 4.26. The summed E-state index contributed by atoms with van der Waals surface area (Å²) in [6.07, 6.45) is 0. The molecule has 0 radical (unpaired) electrons. The second-order valence-electron chi connectivity index (χ2n) is 4.77. The van der Waals surface area contributed by atoms with Gasteiger partial charge >= 0.3 is 0 Å². The fourth-order valence-electron chi connectivity index (χ4n) is 2.28. The Morgan fingerprint density at radius 1 is 1.00 bits per heavy atom. The molecule has 120 valence electrons. The number of oxazole rings is 1. The van der Waals surface area contributed by atoms with Crippen LogP contribution in [0.3, 0.4) is 0 Å². The van der Waals surface area contributed by atoms with Crippen molar-refractivity contribution in [2.45, 2.75) is 11.0 Å². The van der Waals surface area contributed by atoms with E-state index in [1.807, 2.05) is 36.4 Å². The largest absolute Gasteiger partial charge is 0.493 e. The Balaban J connectivity index is 1.82. The molecule has 0 aliphatic carbocycles. The van der Waals surface area contributed by atoms with Gasteiger partial charge in [0.2, 0.25) is 5.75 Å². The molecule has 1 heterocycles. The minimum atomic E-state index is 0.589. The molecule has 0 aliphatic heterocycles. The topological polar surface area (TPSA) is 53.7 Å². The van der Waals surface area contributed by atoms with Gasteiger partial charge in [-0.25, -0.2) is 4.98 Å². The summed E-state index contributed by atoms with van der Waals surface area (Å²) in [4.78, 5) is 4.46. The Hall–Kier alpha value is -2.34. The third-order valence-electron chi connectivity index (χ3n) is 3.36. The Labute approximate surface area is 138 Å². The minimum absolute atomic E-state index is 0.589. The highest BCUT2D eigenvalue weighted by Crippen LogP contribution is 2.39. The second-order valence-corrected chi connectivity index (χ2v) is 5.70. The summed E-state index contributed by atoms with van der Waals surface area (Å²) < 4.78 is 21.8. The van der Waals surface area contributed by atoms with Gasteiger partial charge in [-0.2, -0.15) is 0 Å². The van der Waals surface area contributed by atoms with Gasteiger partial charge in [-0.05, 0) is 29.8 Å². The van der Waals surface area contributed by atoms with Crippen LogP contribution < -0.4 is 14.2 Å². The molecule has 0 fully saturated rings. The molecule has 0 bridgehead atoms. The lowest BCUT2D eigenvalue weighted by Gasteiger charge is -2.13. The van der Waals surface area contributed by atoms with E-state index >= 15 is 0 Å². The molecule has 5 nitrogen and oxygen atoms in total. The highest BCUT2D eigenvalue weighted by Gasteiger charge is 2.14. The van der Waals surface area contributed by atoms with Crippen molar-refractivity contribution in [3.63, 3.8) is 0 Å². The first kappa shape index (κ1) is 15.6. The molecule has 3 aromatic rings. The molecular weight excluding hydrogens is 314 g/mol. The van der Waals surface area contributed by atoms with Crippen LogP contribution in [-0.4, -0.2) is 26.3 Å². The predicted octanol–water partition coefficient (Wildman–Crippen LogP) is 4.15. The zero-order valence-electron chi connectivity index (χ0n) is 13.2. The van der Waals surface area contributed by atoms with E-state index in [4.69, 9.17) is 18.6 Å². The van der Waals surface area contributed by atoms with Crippen LogP contribution in [0.25, 0.3) is 11.1 Å². The highest BCUT2D eigenvalue weighted by molar-refractivity contribution is 7.98. The molecule has 0 saturated carbocycles. The fraction of sp³-hybridized carbons (Fsp3) is 0.235. The molecule has 0 N–H and O–H groups in total. The maximum atomic E-state index is 5.71. The molecule has 3 rings (SSSR count). The van der Waals surface area contributed by atoms with Gasteiger partial charge in [-0.3, -0.25) is 0 Å². The number of methoxy groups -OCH3 is 3. The van der Waals surface area contributed by atoms with Gasteiger partial charge in [-0.15, -0.1) is 0 Å². The minimum Gasteiger partial charge on any atom is -0.493 e. The van der Waals surface area contributed by atoms with Gasteiger partial charge in [-0.1, -0.05) is 23.9 Å². The number of thioether (sulfide) groups is 1. The van der Waals surface area contributed by atoms with Crippen LogP contribution in [0.5, 0.6) is 17.2 Å². The zero-order chi connectivity index (χ0) is 16.2. The quantitative estimate of drug-likeness (QED) is 0.633.